The molecule has 0 aliphatic heterocycles. The van der Waals surface area contributed by atoms with E-state index in [-0.39, 0.29) is 39.6 Å². The van der Waals surface area contributed by atoms with Crippen molar-refractivity contribution < 1.29 is 58.8 Å². The smallest absolute Gasteiger partial charge is 0.368 e. The molecular formula is H4O4SiVW. The third-order valence-corrected chi connectivity index (χ3v) is 0. The molecule has 4 nitrogen and oxygen atoms in total. The molecule has 0 atom stereocenters. The minimum Gasteiger partial charge on any atom is -0.368 e. The largest absolute Gasteiger partial charge is 0.668 e. The van der Waals surface area contributed by atoms with Gasteiger partial charge in [-0.2, -0.15) is 0 Å². The van der Waals surface area contributed by atoms with Crippen LogP contribution < -0.4 is 0 Å². The van der Waals surface area contributed by atoms with E-state index < -0.39 is 9.05 Å². The molecule has 0 aliphatic rings. The molecule has 0 heterocycles. The number of hydrogen-bond donors (Lipinski definition) is 4. The molecule has 0 unspecified atom stereocenters. The summed E-state index contributed by atoms with van der Waals surface area (Å²) in [6, 6.07) is 0. The van der Waals surface area contributed by atoms with E-state index in [1.165, 1.54) is 0 Å². The molecule has 0 aromatic carbocycles. The van der Waals surface area contributed by atoms with Crippen molar-refractivity contribution in [3.8, 4) is 0 Å². The van der Waals surface area contributed by atoms with E-state index in [4.69, 9.17) is 19.2 Å². The summed E-state index contributed by atoms with van der Waals surface area (Å²) in [6.45, 7) is 0. The van der Waals surface area contributed by atoms with Crippen LogP contribution in [0.5, 0.6) is 0 Å². The molecule has 0 rings (SSSR count). The third kappa shape index (κ3) is 118. The minimum absolute atomic E-state index is 0. The first-order valence-electron chi connectivity index (χ1n) is 0.894. The quantitative estimate of drug-likeness (QED) is 0.367. The van der Waals surface area contributed by atoms with Crippen LogP contribution in [0.3, 0.4) is 0 Å². The summed E-state index contributed by atoms with van der Waals surface area (Å²) in [4.78, 5) is 29.3. The normalized spacial score (nSPS) is 8.57. The minimum atomic E-state index is -4.61. The SMILES string of the molecule is O[Si](O)(O)O.[V].[W]. The van der Waals surface area contributed by atoms with Gasteiger partial charge in [-0.05, 0) is 0 Å². The van der Waals surface area contributed by atoms with Gasteiger partial charge in [0.15, 0.2) is 0 Å². The number of rotatable bonds is 0. The summed E-state index contributed by atoms with van der Waals surface area (Å²) in [7, 11) is -4.61. The van der Waals surface area contributed by atoms with Gasteiger partial charge >= 0.3 is 9.05 Å². The Morgan fingerprint density at radius 3 is 0.857 bits per heavy atom. The molecule has 0 aliphatic carbocycles. The molecule has 0 bridgehead atoms. The zero-order valence-electron chi connectivity index (χ0n) is 3.14. The average molecular weight is 331 g/mol. The van der Waals surface area contributed by atoms with Gasteiger partial charge in [0.1, 0.15) is 0 Å². The standard InChI is InChI=1S/H4O4Si.V.W/c1-5(2,3)4;;/h1-4H;;. The molecule has 0 saturated carbocycles. The van der Waals surface area contributed by atoms with Gasteiger partial charge < -0.3 is 19.2 Å². The van der Waals surface area contributed by atoms with Crippen molar-refractivity contribution in [3.05, 3.63) is 0 Å². The molecule has 7 heavy (non-hydrogen) atoms. The van der Waals surface area contributed by atoms with E-state index in [0.29, 0.717) is 0 Å². The van der Waals surface area contributed by atoms with Crippen LogP contribution in [-0.2, 0) is 39.6 Å². The Labute approximate surface area is 67.8 Å². The van der Waals surface area contributed by atoms with Crippen LogP contribution >= 0.6 is 0 Å². The molecule has 4 N–H and O–H groups in total. The maximum Gasteiger partial charge on any atom is 0.668 e. The van der Waals surface area contributed by atoms with Crippen molar-refractivity contribution in [1.82, 2.24) is 0 Å². The van der Waals surface area contributed by atoms with Gasteiger partial charge in [0.25, 0.3) is 0 Å². The molecule has 1 radical (unpaired) electrons. The van der Waals surface area contributed by atoms with Gasteiger partial charge in [-0.3, -0.25) is 0 Å². The van der Waals surface area contributed by atoms with Gasteiger partial charge in [-0.25, -0.2) is 0 Å². The van der Waals surface area contributed by atoms with Crippen LogP contribution in [-0.4, -0.2) is 28.2 Å². The van der Waals surface area contributed by atoms with Gasteiger partial charge in [0.05, 0.1) is 0 Å². The summed E-state index contributed by atoms with van der Waals surface area (Å²) in [5, 5.41) is 0. The second-order valence-electron chi connectivity index (χ2n) is 0.600. The Kier molecular flexibility index (Phi) is 12.3. The van der Waals surface area contributed by atoms with Crippen LogP contribution in [0.25, 0.3) is 0 Å². The summed E-state index contributed by atoms with van der Waals surface area (Å²) in [5.41, 5.74) is 0. The van der Waals surface area contributed by atoms with Gasteiger partial charge in [0, 0.05) is 39.6 Å². The maximum absolute atomic E-state index is 7.33. The average Bonchev–Trinajstić information content (AvgIpc) is 0.722. The Hall–Kier alpha value is 1.33. The fourth-order valence-electron chi connectivity index (χ4n) is 0. The van der Waals surface area contributed by atoms with E-state index in [2.05, 4.69) is 0 Å². The zero-order chi connectivity index (χ0) is 4.50. The maximum atomic E-state index is 7.33. The Bertz CT molecular complexity index is 27.2. The van der Waals surface area contributed by atoms with Crippen LogP contribution in [0.4, 0.5) is 0 Å². The van der Waals surface area contributed by atoms with Crippen LogP contribution in [0.2, 0.25) is 0 Å². The third-order valence-electron chi connectivity index (χ3n) is 0. The Balaban J connectivity index is -0.0000000800. The zero-order valence-corrected chi connectivity index (χ0v) is 8.47. The van der Waals surface area contributed by atoms with Crippen molar-refractivity contribution >= 4 is 9.05 Å². The van der Waals surface area contributed by atoms with Gasteiger partial charge in [-0.15, -0.1) is 0 Å². The van der Waals surface area contributed by atoms with Crippen molar-refractivity contribution in [3.63, 3.8) is 0 Å². The van der Waals surface area contributed by atoms with Crippen LogP contribution in [0.1, 0.15) is 0 Å². The van der Waals surface area contributed by atoms with Crippen molar-refractivity contribution in [1.29, 1.82) is 0 Å². The molecule has 0 spiro atoms. The fraction of sp³-hybridized carbons (Fsp3) is 0. The first-order chi connectivity index (χ1) is 2.00. The molecular weight excluding hydrogens is 327 g/mol. The van der Waals surface area contributed by atoms with Crippen molar-refractivity contribution in [2.24, 2.45) is 0 Å². The molecule has 0 aromatic rings. The van der Waals surface area contributed by atoms with E-state index in [9.17, 15) is 0 Å². The molecule has 43 valence electrons. The van der Waals surface area contributed by atoms with E-state index >= 15 is 0 Å². The van der Waals surface area contributed by atoms with E-state index in [0.717, 1.165) is 0 Å². The first kappa shape index (κ1) is 15.8. The predicted octanol–water partition coefficient (Wildman–Crippen LogP) is -2.61. The Morgan fingerprint density at radius 1 is 0.857 bits per heavy atom. The predicted molar refractivity (Wildman–Crippen MR) is 14.6 cm³/mol. The second kappa shape index (κ2) is 5.47. The van der Waals surface area contributed by atoms with Gasteiger partial charge in [0.2, 0.25) is 0 Å². The topological polar surface area (TPSA) is 80.9 Å². The monoisotopic (exact) mass is 331 g/mol. The summed E-state index contributed by atoms with van der Waals surface area (Å²) < 4.78 is 0. The van der Waals surface area contributed by atoms with E-state index in [1.807, 2.05) is 0 Å². The van der Waals surface area contributed by atoms with Crippen molar-refractivity contribution in [2.45, 2.75) is 0 Å². The summed E-state index contributed by atoms with van der Waals surface area (Å²) in [6.07, 6.45) is 0. The summed E-state index contributed by atoms with van der Waals surface area (Å²) >= 11 is 0. The molecule has 0 fully saturated rings. The molecule has 0 aromatic heterocycles. The molecule has 7 heteroatoms. The molecule has 0 amide bonds. The van der Waals surface area contributed by atoms with Gasteiger partial charge in [-0.1, -0.05) is 0 Å². The molecule has 0 saturated heterocycles. The summed E-state index contributed by atoms with van der Waals surface area (Å²) in [5.74, 6) is 0. The number of hydrogen-bond acceptors (Lipinski definition) is 4. The second-order valence-corrected chi connectivity index (χ2v) is 1.80. The van der Waals surface area contributed by atoms with Crippen LogP contribution in [0, 0.1) is 0 Å². The van der Waals surface area contributed by atoms with Crippen LogP contribution in [0.15, 0.2) is 0 Å². The first-order valence-corrected chi connectivity index (χ1v) is 2.68. The fourth-order valence-corrected chi connectivity index (χ4v) is 0. The van der Waals surface area contributed by atoms with E-state index in [1.54, 1.807) is 0 Å². The van der Waals surface area contributed by atoms with Crippen molar-refractivity contribution in [2.75, 3.05) is 0 Å². The Morgan fingerprint density at radius 2 is 0.857 bits per heavy atom.